The lowest BCUT2D eigenvalue weighted by atomic mass is 10.1. The molecule has 0 heterocycles. The third-order valence-corrected chi connectivity index (χ3v) is 3.19. The molecule has 0 fully saturated rings. The number of amides is 1. The van der Waals surface area contributed by atoms with Gasteiger partial charge in [-0.1, -0.05) is 17.7 Å². The third-order valence-electron chi connectivity index (χ3n) is 3.19. The van der Waals surface area contributed by atoms with Crippen molar-refractivity contribution in [2.45, 2.75) is 13.8 Å². The maximum Gasteiger partial charge on any atom is 0.335 e. The number of hydrogen-bond donors (Lipinski definition) is 3. The lowest BCUT2D eigenvalue weighted by Gasteiger charge is -2.11. The molecule has 5 nitrogen and oxygen atoms in total. The van der Waals surface area contributed by atoms with E-state index in [2.05, 4.69) is 5.32 Å². The molecule has 2 aromatic carbocycles. The molecule has 1 amide bonds. The molecule has 0 spiro atoms. The Morgan fingerprint density at radius 1 is 1.10 bits per heavy atom. The number of rotatable bonds is 3. The van der Waals surface area contributed by atoms with Crippen LogP contribution in [0.2, 0.25) is 0 Å². The van der Waals surface area contributed by atoms with Crippen molar-refractivity contribution in [3.05, 3.63) is 58.7 Å². The minimum atomic E-state index is -1.04. The van der Waals surface area contributed by atoms with Crippen LogP contribution in [0.4, 0.5) is 11.4 Å². The molecule has 0 aliphatic carbocycles. The topological polar surface area (TPSA) is 92.4 Å². The molecular weight excluding hydrogens is 268 g/mol. The van der Waals surface area contributed by atoms with Crippen LogP contribution in [0.15, 0.2) is 36.4 Å². The average Bonchev–Trinajstić information content (AvgIpc) is 2.43. The van der Waals surface area contributed by atoms with Crippen LogP contribution in [0.5, 0.6) is 0 Å². The van der Waals surface area contributed by atoms with Crippen LogP contribution in [-0.2, 0) is 0 Å². The zero-order valence-corrected chi connectivity index (χ0v) is 11.8. The van der Waals surface area contributed by atoms with Crippen molar-refractivity contribution in [2.24, 2.45) is 0 Å². The maximum absolute atomic E-state index is 12.3. The molecule has 2 aromatic rings. The molecule has 5 heteroatoms. The van der Waals surface area contributed by atoms with Crippen LogP contribution < -0.4 is 11.1 Å². The summed E-state index contributed by atoms with van der Waals surface area (Å²) in [5.74, 6) is -1.40. The predicted octanol–water partition coefficient (Wildman–Crippen LogP) is 2.84. The fraction of sp³-hybridized carbons (Fsp3) is 0.125. The number of nitrogen functional groups attached to an aromatic ring is 1. The van der Waals surface area contributed by atoms with Gasteiger partial charge in [0, 0.05) is 11.4 Å². The van der Waals surface area contributed by atoms with Gasteiger partial charge in [0.25, 0.3) is 5.91 Å². The van der Waals surface area contributed by atoms with Gasteiger partial charge in [0.05, 0.1) is 11.1 Å². The molecule has 0 saturated carbocycles. The number of carboxylic acids is 1. The van der Waals surface area contributed by atoms with Crippen LogP contribution in [-0.4, -0.2) is 17.0 Å². The van der Waals surface area contributed by atoms with E-state index < -0.39 is 5.97 Å². The first kappa shape index (κ1) is 14.6. The van der Waals surface area contributed by atoms with Crippen LogP contribution >= 0.6 is 0 Å². The van der Waals surface area contributed by atoms with Gasteiger partial charge in [-0.3, -0.25) is 4.79 Å². The van der Waals surface area contributed by atoms with E-state index in [4.69, 9.17) is 10.8 Å². The van der Waals surface area contributed by atoms with Gasteiger partial charge in [0.2, 0.25) is 0 Å². The molecule has 0 aromatic heterocycles. The molecule has 4 N–H and O–H groups in total. The summed E-state index contributed by atoms with van der Waals surface area (Å²) in [4.78, 5) is 23.3. The van der Waals surface area contributed by atoms with Crippen molar-refractivity contribution < 1.29 is 14.7 Å². The van der Waals surface area contributed by atoms with Gasteiger partial charge in [-0.25, -0.2) is 4.79 Å². The largest absolute Gasteiger partial charge is 0.478 e. The van der Waals surface area contributed by atoms with Gasteiger partial charge < -0.3 is 16.2 Å². The Labute approximate surface area is 122 Å². The lowest BCUT2D eigenvalue weighted by molar-refractivity contribution is 0.0696. The second-order valence-electron chi connectivity index (χ2n) is 4.88. The van der Waals surface area contributed by atoms with Crippen molar-refractivity contribution in [3.8, 4) is 0 Å². The van der Waals surface area contributed by atoms with Gasteiger partial charge in [0.15, 0.2) is 0 Å². The fourth-order valence-corrected chi connectivity index (χ4v) is 1.95. The lowest BCUT2D eigenvalue weighted by Crippen LogP contribution is -2.15. The second-order valence-corrected chi connectivity index (χ2v) is 4.88. The van der Waals surface area contributed by atoms with E-state index in [1.165, 1.54) is 12.1 Å². The molecular formula is C16H16N2O3. The summed E-state index contributed by atoms with van der Waals surface area (Å²) in [5.41, 5.74) is 8.83. The van der Waals surface area contributed by atoms with Crippen molar-refractivity contribution in [1.29, 1.82) is 0 Å². The van der Waals surface area contributed by atoms with E-state index in [1.807, 2.05) is 13.0 Å². The summed E-state index contributed by atoms with van der Waals surface area (Å²) in [7, 11) is 0. The highest BCUT2D eigenvalue weighted by Crippen LogP contribution is 2.20. The number of nitrogens with two attached hydrogens (primary N) is 1. The summed E-state index contributed by atoms with van der Waals surface area (Å²) < 4.78 is 0. The highest BCUT2D eigenvalue weighted by Gasteiger charge is 2.13. The maximum atomic E-state index is 12.3. The minimum Gasteiger partial charge on any atom is -0.478 e. The first-order chi connectivity index (χ1) is 9.88. The van der Waals surface area contributed by atoms with E-state index in [-0.39, 0.29) is 11.5 Å². The number of aromatic carboxylic acids is 1. The van der Waals surface area contributed by atoms with Gasteiger partial charge in [-0.05, 0) is 43.7 Å². The zero-order chi connectivity index (χ0) is 15.6. The van der Waals surface area contributed by atoms with Crippen LogP contribution in [0.3, 0.4) is 0 Å². The predicted molar refractivity (Wildman–Crippen MR) is 81.7 cm³/mol. The first-order valence-electron chi connectivity index (χ1n) is 6.40. The van der Waals surface area contributed by atoms with Crippen LogP contribution in [0, 0.1) is 13.8 Å². The molecule has 0 aliphatic heterocycles. The zero-order valence-electron chi connectivity index (χ0n) is 11.8. The highest BCUT2D eigenvalue weighted by atomic mass is 16.4. The van der Waals surface area contributed by atoms with E-state index in [0.29, 0.717) is 16.9 Å². The molecule has 0 saturated heterocycles. The number of nitrogens with one attached hydrogen (secondary N) is 1. The monoisotopic (exact) mass is 284 g/mol. The second kappa shape index (κ2) is 5.66. The quantitative estimate of drug-likeness (QED) is 0.756. The first-order valence-corrected chi connectivity index (χ1v) is 6.40. The fourth-order valence-electron chi connectivity index (χ4n) is 1.95. The average molecular weight is 284 g/mol. The van der Waals surface area contributed by atoms with E-state index in [0.717, 1.165) is 11.1 Å². The van der Waals surface area contributed by atoms with Gasteiger partial charge in [0.1, 0.15) is 0 Å². The Hall–Kier alpha value is -2.82. The molecule has 21 heavy (non-hydrogen) atoms. The van der Waals surface area contributed by atoms with E-state index in [9.17, 15) is 9.59 Å². The number of aryl methyl sites for hydroxylation is 2. The molecule has 0 bridgehead atoms. The minimum absolute atomic E-state index is 0.119. The molecule has 0 unspecified atom stereocenters. The Morgan fingerprint density at radius 3 is 2.48 bits per heavy atom. The Balaban J connectivity index is 2.33. The molecule has 0 atom stereocenters. The van der Waals surface area contributed by atoms with Gasteiger partial charge in [-0.15, -0.1) is 0 Å². The van der Waals surface area contributed by atoms with Crippen molar-refractivity contribution >= 4 is 23.3 Å². The van der Waals surface area contributed by atoms with E-state index >= 15 is 0 Å². The van der Waals surface area contributed by atoms with Crippen molar-refractivity contribution in [2.75, 3.05) is 11.1 Å². The molecule has 108 valence electrons. The summed E-state index contributed by atoms with van der Waals surface area (Å²) in [6.45, 7) is 3.66. The Bertz CT molecular complexity index is 723. The summed E-state index contributed by atoms with van der Waals surface area (Å²) in [6, 6.07) is 9.77. The number of benzene rings is 2. The Kier molecular flexibility index (Phi) is 3.93. The summed E-state index contributed by atoms with van der Waals surface area (Å²) in [6.07, 6.45) is 0. The third kappa shape index (κ3) is 3.20. The number of anilines is 2. The molecule has 2 rings (SSSR count). The molecule has 0 radical (unpaired) electrons. The number of carboxylic acid groups (broad SMARTS) is 1. The van der Waals surface area contributed by atoms with Gasteiger partial charge in [-0.2, -0.15) is 0 Å². The van der Waals surface area contributed by atoms with Gasteiger partial charge >= 0.3 is 5.97 Å². The van der Waals surface area contributed by atoms with Crippen LogP contribution in [0.25, 0.3) is 0 Å². The SMILES string of the molecule is Cc1ccc(N)c(C(=O)Nc2cc(C(=O)O)ccc2C)c1. The Morgan fingerprint density at radius 2 is 1.81 bits per heavy atom. The normalized spacial score (nSPS) is 10.2. The van der Waals surface area contributed by atoms with Crippen molar-refractivity contribution in [1.82, 2.24) is 0 Å². The smallest absolute Gasteiger partial charge is 0.335 e. The number of hydrogen-bond acceptors (Lipinski definition) is 3. The summed E-state index contributed by atoms with van der Waals surface area (Å²) >= 11 is 0. The van der Waals surface area contributed by atoms with Crippen molar-refractivity contribution in [3.63, 3.8) is 0 Å². The standard InChI is InChI=1S/C16H16N2O3/c1-9-3-6-13(17)12(7-9)15(19)18-14-8-11(16(20)21)5-4-10(14)2/h3-8H,17H2,1-2H3,(H,18,19)(H,20,21). The van der Waals surface area contributed by atoms with Crippen LogP contribution in [0.1, 0.15) is 31.8 Å². The van der Waals surface area contributed by atoms with E-state index in [1.54, 1.807) is 25.1 Å². The molecule has 0 aliphatic rings. The number of carbonyl (C=O) groups excluding carboxylic acids is 1. The number of carbonyl (C=O) groups is 2. The summed E-state index contributed by atoms with van der Waals surface area (Å²) in [5, 5.41) is 11.7. The highest BCUT2D eigenvalue weighted by molar-refractivity contribution is 6.08.